The van der Waals surface area contributed by atoms with Crippen molar-refractivity contribution in [3.05, 3.63) is 18.2 Å². The minimum absolute atomic E-state index is 0.0825. The molecule has 0 fully saturated rings. The number of rotatable bonds is 5. The van der Waals surface area contributed by atoms with Gasteiger partial charge in [0, 0.05) is 5.69 Å². The third-order valence-electron chi connectivity index (χ3n) is 3.55. The van der Waals surface area contributed by atoms with Gasteiger partial charge in [0.15, 0.2) is 0 Å². The van der Waals surface area contributed by atoms with Gasteiger partial charge in [-0.15, -0.1) is 0 Å². The predicted molar refractivity (Wildman–Crippen MR) is 74.5 cm³/mol. The lowest BCUT2D eigenvalue weighted by atomic mass is 9.94. The highest BCUT2D eigenvalue weighted by Gasteiger charge is 2.25. The SMILES string of the molecule is CCC(CC)(CO)Nc1nc2ccc(N)cc2[nH]1. The number of aromatic nitrogens is 2. The normalized spacial score (nSPS) is 11.9. The first-order valence-electron chi connectivity index (χ1n) is 6.27. The van der Waals surface area contributed by atoms with Crippen molar-refractivity contribution in [3.63, 3.8) is 0 Å². The summed E-state index contributed by atoms with van der Waals surface area (Å²) < 4.78 is 0. The molecule has 5 nitrogen and oxygen atoms in total. The maximum absolute atomic E-state index is 9.53. The van der Waals surface area contributed by atoms with E-state index in [1.54, 1.807) is 0 Å². The lowest BCUT2D eigenvalue weighted by Crippen LogP contribution is -2.41. The summed E-state index contributed by atoms with van der Waals surface area (Å²) in [6.07, 6.45) is 1.67. The van der Waals surface area contributed by atoms with Gasteiger partial charge in [-0.3, -0.25) is 0 Å². The van der Waals surface area contributed by atoms with E-state index >= 15 is 0 Å². The van der Waals surface area contributed by atoms with Crippen molar-refractivity contribution in [1.82, 2.24) is 9.97 Å². The van der Waals surface area contributed by atoms with Crippen molar-refractivity contribution in [1.29, 1.82) is 0 Å². The van der Waals surface area contributed by atoms with Crippen LogP contribution in [0.25, 0.3) is 11.0 Å². The second-order valence-electron chi connectivity index (χ2n) is 4.63. The third kappa shape index (κ3) is 2.26. The molecule has 0 aliphatic heterocycles. The minimum atomic E-state index is -0.320. The standard InChI is InChI=1S/C13H20N4O/c1-3-13(4-2,8-18)17-12-15-10-6-5-9(14)7-11(10)16-12/h5-7,18H,3-4,8,14H2,1-2H3,(H2,15,16,17). The van der Waals surface area contributed by atoms with Crippen LogP contribution >= 0.6 is 0 Å². The smallest absolute Gasteiger partial charge is 0.201 e. The van der Waals surface area contributed by atoms with Gasteiger partial charge in [0.2, 0.25) is 5.95 Å². The van der Waals surface area contributed by atoms with Crippen molar-refractivity contribution >= 4 is 22.7 Å². The van der Waals surface area contributed by atoms with Crippen LogP contribution in [0.3, 0.4) is 0 Å². The van der Waals surface area contributed by atoms with E-state index in [9.17, 15) is 5.11 Å². The van der Waals surface area contributed by atoms with Crippen LogP contribution in [0.5, 0.6) is 0 Å². The highest BCUT2D eigenvalue weighted by molar-refractivity contribution is 5.80. The fourth-order valence-electron chi connectivity index (χ4n) is 2.03. The van der Waals surface area contributed by atoms with Gasteiger partial charge >= 0.3 is 0 Å². The Kier molecular flexibility index (Phi) is 3.43. The van der Waals surface area contributed by atoms with Crippen LogP contribution in [-0.2, 0) is 0 Å². The molecule has 0 amide bonds. The Morgan fingerprint density at radius 1 is 1.39 bits per heavy atom. The van der Waals surface area contributed by atoms with Crippen LogP contribution in [0.4, 0.5) is 11.6 Å². The number of fused-ring (bicyclic) bond motifs is 1. The third-order valence-corrected chi connectivity index (χ3v) is 3.55. The molecule has 2 rings (SSSR count). The molecule has 0 spiro atoms. The lowest BCUT2D eigenvalue weighted by molar-refractivity contribution is 0.202. The number of aromatic amines is 1. The molecule has 18 heavy (non-hydrogen) atoms. The Hall–Kier alpha value is -1.75. The van der Waals surface area contributed by atoms with Crippen LogP contribution in [0.2, 0.25) is 0 Å². The maximum atomic E-state index is 9.53. The van der Waals surface area contributed by atoms with Gasteiger partial charge in [-0.1, -0.05) is 13.8 Å². The summed E-state index contributed by atoms with van der Waals surface area (Å²) in [5.41, 5.74) is 7.88. The molecular weight excluding hydrogens is 228 g/mol. The number of nitrogen functional groups attached to an aromatic ring is 1. The Balaban J connectivity index is 2.31. The molecule has 0 aliphatic carbocycles. The van der Waals surface area contributed by atoms with Gasteiger partial charge in [0.1, 0.15) is 0 Å². The molecule has 0 bridgehead atoms. The molecule has 1 heterocycles. The summed E-state index contributed by atoms with van der Waals surface area (Å²) in [4.78, 5) is 7.63. The molecule has 2 aromatic rings. The number of imidazole rings is 1. The highest BCUT2D eigenvalue weighted by atomic mass is 16.3. The largest absolute Gasteiger partial charge is 0.399 e. The average Bonchev–Trinajstić information content (AvgIpc) is 2.77. The van der Waals surface area contributed by atoms with E-state index in [2.05, 4.69) is 15.3 Å². The number of H-pyrrole nitrogens is 1. The van der Waals surface area contributed by atoms with E-state index in [-0.39, 0.29) is 12.1 Å². The molecule has 98 valence electrons. The molecular formula is C13H20N4O. The maximum Gasteiger partial charge on any atom is 0.201 e. The summed E-state index contributed by atoms with van der Waals surface area (Å²) in [5, 5.41) is 12.8. The number of benzene rings is 1. The molecule has 0 saturated heterocycles. The number of aliphatic hydroxyl groups excluding tert-OH is 1. The van der Waals surface area contributed by atoms with Crippen LogP contribution < -0.4 is 11.1 Å². The van der Waals surface area contributed by atoms with Crippen molar-refractivity contribution < 1.29 is 5.11 Å². The number of nitrogens with two attached hydrogens (primary N) is 1. The molecule has 0 aliphatic rings. The summed E-state index contributed by atoms with van der Waals surface area (Å²) >= 11 is 0. The first-order chi connectivity index (χ1) is 8.62. The van der Waals surface area contributed by atoms with E-state index < -0.39 is 0 Å². The number of hydrogen-bond donors (Lipinski definition) is 4. The Bertz CT molecular complexity index is 523. The van der Waals surface area contributed by atoms with E-state index in [1.165, 1.54) is 0 Å². The van der Waals surface area contributed by atoms with Crippen molar-refractivity contribution in [2.45, 2.75) is 32.2 Å². The summed E-state index contributed by atoms with van der Waals surface area (Å²) in [6, 6.07) is 5.56. The van der Waals surface area contributed by atoms with E-state index in [0.717, 1.165) is 23.9 Å². The van der Waals surface area contributed by atoms with Gasteiger partial charge in [0.05, 0.1) is 23.2 Å². The zero-order valence-electron chi connectivity index (χ0n) is 10.8. The summed E-state index contributed by atoms with van der Waals surface area (Å²) in [6.45, 7) is 4.18. The fraction of sp³-hybridized carbons (Fsp3) is 0.462. The Morgan fingerprint density at radius 2 is 2.11 bits per heavy atom. The minimum Gasteiger partial charge on any atom is -0.399 e. The van der Waals surface area contributed by atoms with Gasteiger partial charge in [0.25, 0.3) is 0 Å². The number of aliphatic hydroxyl groups is 1. The second-order valence-corrected chi connectivity index (χ2v) is 4.63. The second kappa shape index (κ2) is 4.86. The molecule has 1 aromatic heterocycles. The van der Waals surface area contributed by atoms with Gasteiger partial charge in [-0.05, 0) is 31.0 Å². The van der Waals surface area contributed by atoms with Gasteiger partial charge < -0.3 is 21.1 Å². The number of nitrogens with one attached hydrogen (secondary N) is 2. The van der Waals surface area contributed by atoms with Crippen LogP contribution in [0.1, 0.15) is 26.7 Å². The molecule has 0 saturated carbocycles. The fourth-order valence-corrected chi connectivity index (χ4v) is 2.03. The van der Waals surface area contributed by atoms with E-state index in [1.807, 2.05) is 32.0 Å². The average molecular weight is 248 g/mol. The number of anilines is 2. The quantitative estimate of drug-likeness (QED) is 0.610. The van der Waals surface area contributed by atoms with Crippen LogP contribution in [0, 0.1) is 0 Å². The zero-order valence-corrected chi connectivity index (χ0v) is 10.8. The van der Waals surface area contributed by atoms with Gasteiger partial charge in [-0.2, -0.15) is 0 Å². The lowest BCUT2D eigenvalue weighted by Gasteiger charge is -2.30. The van der Waals surface area contributed by atoms with Gasteiger partial charge in [-0.25, -0.2) is 4.98 Å². The summed E-state index contributed by atoms with van der Waals surface area (Å²) in [7, 11) is 0. The first kappa shape index (κ1) is 12.7. The van der Waals surface area contributed by atoms with Crippen LogP contribution in [0.15, 0.2) is 18.2 Å². The monoisotopic (exact) mass is 248 g/mol. The Labute approximate surface area is 106 Å². The first-order valence-corrected chi connectivity index (χ1v) is 6.27. The molecule has 5 heteroatoms. The molecule has 0 radical (unpaired) electrons. The van der Waals surface area contributed by atoms with Crippen molar-refractivity contribution in [2.75, 3.05) is 17.7 Å². The molecule has 1 aromatic carbocycles. The van der Waals surface area contributed by atoms with Crippen LogP contribution in [-0.4, -0.2) is 27.2 Å². The molecule has 0 unspecified atom stereocenters. The topological polar surface area (TPSA) is 87.0 Å². The van der Waals surface area contributed by atoms with E-state index in [4.69, 9.17) is 5.73 Å². The predicted octanol–water partition coefficient (Wildman–Crippen LogP) is 2.11. The number of nitrogens with zero attached hydrogens (tertiary/aromatic N) is 1. The Morgan fingerprint density at radius 3 is 2.72 bits per heavy atom. The number of hydrogen-bond acceptors (Lipinski definition) is 4. The summed E-state index contributed by atoms with van der Waals surface area (Å²) in [5.74, 6) is 0.674. The van der Waals surface area contributed by atoms with Crippen molar-refractivity contribution in [3.8, 4) is 0 Å². The highest BCUT2D eigenvalue weighted by Crippen LogP contribution is 2.23. The molecule has 5 N–H and O–H groups in total. The molecule has 0 atom stereocenters. The zero-order chi connectivity index (χ0) is 13.2. The van der Waals surface area contributed by atoms with Crippen molar-refractivity contribution in [2.24, 2.45) is 0 Å². The van der Waals surface area contributed by atoms with E-state index in [0.29, 0.717) is 11.6 Å².